The van der Waals surface area contributed by atoms with Crippen LogP contribution in [0.1, 0.15) is 205 Å². The molecule has 0 spiro atoms. The highest BCUT2D eigenvalue weighted by Crippen LogP contribution is 2.38. The highest BCUT2D eigenvalue weighted by molar-refractivity contribution is 6.43. The number of hydrogen-bond donors (Lipinski definition) is 15. The van der Waals surface area contributed by atoms with Crippen molar-refractivity contribution in [1.82, 2.24) is 26.3 Å². The number of carbonyl (C=O) groups is 13. The lowest BCUT2D eigenvalue weighted by Gasteiger charge is -2.19. The molecule has 42 heteroatoms. The van der Waals surface area contributed by atoms with Gasteiger partial charge in [-0.05, 0) is 95.5 Å². The first kappa shape index (κ1) is 107. The number of carbonyl (C=O) groups excluding carboxylic acids is 13. The van der Waals surface area contributed by atoms with Gasteiger partial charge in [-0.2, -0.15) is 0 Å². The lowest BCUT2D eigenvalue weighted by molar-refractivity contribution is -0.145. The van der Waals surface area contributed by atoms with Gasteiger partial charge in [0.25, 0.3) is 23.6 Å². The Morgan fingerprint density at radius 2 is 0.696 bits per heavy atom. The number of aliphatic imine (C=N–C) groups is 2. The zero-order chi connectivity index (χ0) is 106. The minimum absolute atomic E-state index is 0.00122. The predicted octanol–water partition coefficient (Wildman–Crippen LogP) is 9.40. The Labute approximate surface area is 848 Å². The number of oxime groups is 4. The summed E-state index contributed by atoms with van der Waals surface area (Å²) < 4.78 is 19.3. The summed E-state index contributed by atoms with van der Waals surface area (Å²) in [4.78, 5) is 197. The molecule has 8 aromatic carbocycles. The first-order valence-electron chi connectivity index (χ1n) is 47.4. The zero-order valence-electron chi connectivity index (χ0n) is 81.7. The number of nitrogen functional groups attached to an aromatic ring is 4. The molecule has 0 saturated carbocycles. The van der Waals surface area contributed by atoms with Crippen molar-refractivity contribution in [3.63, 3.8) is 0 Å². The number of amides is 4. The van der Waals surface area contributed by atoms with Crippen LogP contribution in [0.5, 0.6) is 5.75 Å². The number of nitrogens with one attached hydrogen (secondary N) is 10. The third-order valence-corrected chi connectivity index (χ3v) is 25.4. The molecule has 7 aliphatic rings. The van der Waals surface area contributed by atoms with Crippen molar-refractivity contribution >= 4 is 162 Å². The summed E-state index contributed by atoms with van der Waals surface area (Å²) in [5.74, 6) is -6.61. The van der Waals surface area contributed by atoms with Crippen molar-refractivity contribution < 1.29 is 106 Å². The fourth-order valence-electron chi connectivity index (χ4n) is 17.2. The van der Waals surface area contributed by atoms with E-state index in [2.05, 4.69) is 62.2 Å². The molecule has 1 aromatic heterocycles. The van der Waals surface area contributed by atoms with Gasteiger partial charge in [0.15, 0.2) is 17.6 Å². The third-order valence-electron chi connectivity index (χ3n) is 25.4. The molecule has 11 unspecified atom stereocenters. The normalized spacial score (nSPS) is 17.9. The van der Waals surface area contributed by atoms with E-state index >= 15 is 0 Å². The summed E-state index contributed by atoms with van der Waals surface area (Å²) in [5, 5.41) is 70.4. The van der Waals surface area contributed by atoms with E-state index in [0.717, 1.165) is 44.8 Å². The molecular weight excluding hydrogens is 1910 g/mol. The maximum absolute atomic E-state index is 12.9. The number of benzene rings is 8. The van der Waals surface area contributed by atoms with Crippen LogP contribution < -0.4 is 49.5 Å². The molecular formula is C106H112N20O22. The van der Waals surface area contributed by atoms with Crippen LogP contribution in [0.25, 0.3) is 10.9 Å². The van der Waals surface area contributed by atoms with E-state index in [1.165, 1.54) is 28.4 Å². The maximum atomic E-state index is 12.9. The summed E-state index contributed by atoms with van der Waals surface area (Å²) in [5.41, 5.74) is 35.9. The molecule has 768 valence electrons. The number of ether oxygens (including phenoxy) is 4. The third kappa shape index (κ3) is 27.5. The first-order chi connectivity index (χ1) is 71.0. The van der Waals surface area contributed by atoms with Crippen molar-refractivity contribution in [3.8, 4) is 5.75 Å². The van der Waals surface area contributed by atoms with Gasteiger partial charge in [-0.3, -0.25) is 64.8 Å². The average Bonchev–Trinajstić information content (AvgIpc) is 1.66. The van der Waals surface area contributed by atoms with Gasteiger partial charge in [0.1, 0.15) is 112 Å². The predicted molar refractivity (Wildman–Crippen MR) is 547 cm³/mol. The number of ketones is 5. The summed E-state index contributed by atoms with van der Waals surface area (Å²) in [7, 11) is 4.86. The van der Waals surface area contributed by atoms with Crippen LogP contribution in [0, 0.1) is 21.6 Å². The lowest BCUT2D eigenvalue weighted by atomic mass is 9.97. The van der Waals surface area contributed by atoms with Crippen molar-refractivity contribution in [2.24, 2.45) is 53.5 Å². The fourth-order valence-corrected chi connectivity index (χ4v) is 17.2. The number of para-hydroxylation sites is 4. The molecule has 4 amide bonds. The van der Waals surface area contributed by atoms with Gasteiger partial charge in [-0.1, -0.05) is 192 Å². The molecule has 0 saturated heterocycles. The van der Waals surface area contributed by atoms with Crippen LogP contribution in [0.3, 0.4) is 0 Å². The minimum atomic E-state index is -1.16. The van der Waals surface area contributed by atoms with Gasteiger partial charge in [0.05, 0.1) is 62.7 Å². The summed E-state index contributed by atoms with van der Waals surface area (Å²) in [6.45, 7) is 3.77. The Morgan fingerprint density at radius 1 is 0.399 bits per heavy atom. The number of rotatable bonds is 40. The molecule has 0 bridgehead atoms. The first-order valence-corrected chi connectivity index (χ1v) is 47.4. The van der Waals surface area contributed by atoms with Crippen LogP contribution >= 0.6 is 0 Å². The Morgan fingerprint density at radius 3 is 1.01 bits per heavy atom. The highest BCUT2D eigenvalue weighted by atomic mass is 16.7. The Bertz CT molecular complexity index is 6630. The number of nitrogens with zero attached hydrogens (tertiary/aromatic N) is 6. The highest BCUT2D eigenvalue weighted by Gasteiger charge is 2.41. The maximum Gasteiger partial charge on any atom is 0.328 e. The molecule has 0 aliphatic carbocycles. The summed E-state index contributed by atoms with van der Waals surface area (Å²) in [6.07, 6.45) is 0.833. The Balaban J connectivity index is 0.000000165. The van der Waals surface area contributed by atoms with Gasteiger partial charge in [0.2, 0.25) is 0 Å². The number of Topliss-reactive ketones (excluding diaryl/α,β-unsaturated/α-hetero) is 5. The van der Waals surface area contributed by atoms with Crippen LogP contribution in [-0.4, -0.2) is 227 Å². The number of aromatic amines is 1. The number of anilines is 1. The Hall–Kier alpha value is -17.9. The van der Waals surface area contributed by atoms with Crippen molar-refractivity contribution in [1.29, 1.82) is 21.6 Å². The number of esters is 4. The molecule has 8 heterocycles. The molecule has 19 N–H and O–H groups in total. The number of H-pyrrole nitrogens is 1. The van der Waals surface area contributed by atoms with E-state index in [4.69, 9.17) is 82.9 Å². The quantitative estimate of drug-likeness (QED) is 0.00558. The van der Waals surface area contributed by atoms with Crippen LogP contribution in [0.15, 0.2) is 225 Å². The number of nitrogens with two attached hydrogens (primary N) is 4. The minimum Gasteiger partial charge on any atom is -0.505 e. The molecule has 16 rings (SSSR count). The molecule has 7 aliphatic heterocycles. The molecule has 9 aromatic rings. The molecule has 11 atom stereocenters. The van der Waals surface area contributed by atoms with Crippen LogP contribution in [-0.2, 0) is 91.0 Å². The van der Waals surface area contributed by atoms with Crippen LogP contribution in [0.2, 0.25) is 0 Å². The van der Waals surface area contributed by atoms with E-state index < -0.39 is 108 Å². The number of hydrogen-bond acceptors (Lipinski definition) is 33. The van der Waals surface area contributed by atoms with E-state index in [0.29, 0.717) is 104 Å². The second-order valence-corrected chi connectivity index (χ2v) is 35.6. The smallest absolute Gasteiger partial charge is 0.328 e. The van der Waals surface area contributed by atoms with Gasteiger partial charge in [0, 0.05) is 133 Å². The summed E-state index contributed by atoms with van der Waals surface area (Å²) >= 11 is 0. The van der Waals surface area contributed by atoms with Gasteiger partial charge in [-0.15, -0.1) is 0 Å². The SMILES string of the molecule is COC(=O)C(CCC(=O)CC1CC(c2ccc(C(=N)N)cc2)=NO1)NC(=O)C1=Nc2ccccc2C1C.COC(=O)C(CCC(=O)CC1CC(c2ccc(C(=N)N)cc2)=NO1)NC(=O)C1=Nc2ccccc2C1C.COC(=O)C(CCC(=O)CC1CC(c2ccc(C(=N)N)cc2)=NO1)NC(=O)C1Nc2ccccc2C1=O.COC(=O)C(CCC(=O)CC1CC(c2ccc(C(=N)N)cc2)=NO1)NC(=O)c1[nH]c2ccccc2c1O. The number of methoxy groups -OCH3 is 4. The number of fused-ring (bicyclic) bond motifs is 4. The number of aromatic nitrogens is 1. The second kappa shape index (κ2) is 49.9. The van der Waals surface area contributed by atoms with Crippen molar-refractivity contribution in [3.05, 3.63) is 261 Å². The molecule has 42 nitrogen and oxygen atoms in total. The average molecular weight is 2020 g/mol. The standard InChI is InChI=1S/2C27H29N5O5.2C26H27N5O6/c2*1-15-20-5-3-4-6-21(20)30-24(15)26(34)31-22(27(35)36-2)12-11-18(33)13-19-14-23(32-37-19)16-7-9-17(10-8-16)25(28)29;2*1-36-26(35)20(30-25(34)22-23(33)18-4-2-3-5-19(18)29-22)11-10-16(32)12-17-13-21(31-37-17)14-6-8-15(9-7-14)24(27)28/h2*3-10,15,19,22H,11-14H2,1-2H3,(H3,28,29)(H,31,34);2-9,17,20,29,33H,10-13H2,1H3,(H3,27,28)(H,30,34);2-9,17,20,22,29H,10-13H2,1H3,(H3,27,28)(H,30,34). The van der Waals surface area contributed by atoms with Crippen LogP contribution in [0.4, 0.5) is 17.1 Å². The topological polar surface area (TPSA) is 666 Å². The molecule has 0 fully saturated rings. The molecule has 148 heavy (non-hydrogen) atoms. The van der Waals surface area contributed by atoms with Gasteiger partial charge in [-0.25, -0.2) is 29.2 Å². The van der Waals surface area contributed by atoms with Gasteiger partial charge >= 0.3 is 23.9 Å². The largest absolute Gasteiger partial charge is 0.505 e. The zero-order valence-corrected chi connectivity index (χ0v) is 81.7. The van der Waals surface area contributed by atoms with Gasteiger partial charge < -0.3 is 97.9 Å². The second-order valence-electron chi connectivity index (χ2n) is 35.6. The Kier molecular flexibility index (Phi) is 36.2. The lowest BCUT2D eigenvalue weighted by Crippen LogP contribution is -2.49. The van der Waals surface area contributed by atoms with E-state index in [-0.39, 0.29) is 147 Å². The van der Waals surface area contributed by atoms with Crippen molar-refractivity contribution in [2.45, 2.75) is 183 Å². The molecule has 0 radical (unpaired) electrons. The summed E-state index contributed by atoms with van der Waals surface area (Å²) in [6, 6.07) is 51.5. The van der Waals surface area contributed by atoms with E-state index in [9.17, 15) is 67.4 Å². The number of amidine groups is 4. The van der Waals surface area contributed by atoms with E-state index in [1.807, 2.05) is 62.4 Å². The monoisotopic (exact) mass is 2020 g/mol. The number of aromatic hydroxyl groups is 1. The van der Waals surface area contributed by atoms with E-state index in [1.54, 1.807) is 146 Å². The fraction of sp³-hybridized carbons (Fsp3) is 0.311. The van der Waals surface area contributed by atoms with Crippen molar-refractivity contribution in [2.75, 3.05) is 33.8 Å².